The van der Waals surface area contributed by atoms with Gasteiger partial charge in [0.1, 0.15) is 0 Å². The summed E-state index contributed by atoms with van der Waals surface area (Å²) in [5.41, 5.74) is 9.47. The van der Waals surface area contributed by atoms with Crippen molar-refractivity contribution in [3.63, 3.8) is 0 Å². The first-order valence-electron chi connectivity index (χ1n) is 6.74. The Kier molecular flexibility index (Phi) is 4.72. The summed E-state index contributed by atoms with van der Waals surface area (Å²) in [5, 5.41) is 0. The van der Waals surface area contributed by atoms with Crippen LogP contribution in [0.2, 0.25) is 0 Å². The number of nitrogens with zero attached hydrogens (tertiary/aromatic N) is 1. The smallest absolute Gasteiger partial charge is 0.0320 e. The number of hydrogen-bond donors (Lipinski definition) is 1. The fourth-order valence-corrected chi connectivity index (χ4v) is 2.19. The van der Waals surface area contributed by atoms with E-state index in [1.807, 2.05) is 0 Å². The highest BCUT2D eigenvalue weighted by Crippen LogP contribution is 2.20. The van der Waals surface area contributed by atoms with Crippen molar-refractivity contribution in [1.29, 1.82) is 0 Å². The number of rotatable bonds is 5. The lowest BCUT2D eigenvalue weighted by atomic mass is 10.1. The van der Waals surface area contributed by atoms with E-state index in [-0.39, 0.29) is 0 Å². The predicted molar refractivity (Wildman–Crippen MR) is 80.7 cm³/mol. The highest BCUT2D eigenvalue weighted by Gasteiger charge is 2.11. The van der Waals surface area contributed by atoms with E-state index in [1.165, 1.54) is 16.7 Å². The van der Waals surface area contributed by atoms with E-state index in [2.05, 4.69) is 73.5 Å². The molecule has 0 spiro atoms. The lowest BCUT2D eigenvalue weighted by Crippen LogP contribution is -2.21. The fraction of sp³-hybridized carbons (Fsp3) is 0.294. The molecule has 1 atom stereocenters. The summed E-state index contributed by atoms with van der Waals surface area (Å²) in [5.74, 6) is 0. The van der Waals surface area contributed by atoms with Crippen molar-refractivity contribution >= 4 is 0 Å². The summed E-state index contributed by atoms with van der Waals surface area (Å²) in [6.45, 7) is 3.79. The molecule has 0 aliphatic rings. The molecule has 2 nitrogen and oxygen atoms in total. The van der Waals surface area contributed by atoms with E-state index in [0.717, 1.165) is 6.54 Å². The van der Waals surface area contributed by atoms with Crippen LogP contribution in [0, 0.1) is 0 Å². The molecule has 0 heterocycles. The molecule has 2 rings (SSSR count). The van der Waals surface area contributed by atoms with Gasteiger partial charge in [0.25, 0.3) is 0 Å². The first-order chi connectivity index (χ1) is 9.20. The van der Waals surface area contributed by atoms with Crippen LogP contribution in [-0.4, -0.2) is 11.9 Å². The van der Waals surface area contributed by atoms with Crippen molar-refractivity contribution < 1.29 is 0 Å². The Labute approximate surface area is 115 Å². The third-order valence-electron chi connectivity index (χ3n) is 3.63. The molecule has 2 aromatic rings. The molecule has 2 aromatic carbocycles. The molecule has 0 aliphatic carbocycles. The average Bonchev–Trinajstić information content (AvgIpc) is 2.48. The third kappa shape index (κ3) is 3.66. The van der Waals surface area contributed by atoms with Crippen molar-refractivity contribution in [3.05, 3.63) is 71.3 Å². The normalized spacial score (nSPS) is 12.6. The molecule has 0 aliphatic heterocycles. The van der Waals surface area contributed by atoms with Gasteiger partial charge in [-0.2, -0.15) is 0 Å². The van der Waals surface area contributed by atoms with Crippen molar-refractivity contribution in [3.8, 4) is 0 Å². The zero-order valence-corrected chi connectivity index (χ0v) is 11.7. The SMILES string of the molecule is CC(c1ccccc1)N(C)Cc1ccc(CN)cc1. The maximum Gasteiger partial charge on any atom is 0.0320 e. The van der Waals surface area contributed by atoms with Gasteiger partial charge < -0.3 is 5.73 Å². The predicted octanol–water partition coefficient (Wildman–Crippen LogP) is 3.34. The van der Waals surface area contributed by atoms with Crippen LogP contribution in [0.1, 0.15) is 29.7 Å². The van der Waals surface area contributed by atoms with Crippen molar-refractivity contribution in [2.45, 2.75) is 26.1 Å². The Morgan fingerprint density at radius 1 is 0.947 bits per heavy atom. The molecule has 1 unspecified atom stereocenters. The first kappa shape index (κ1) is 13.8. The van der Waals surface area contributed by atoms with Crippen LogP contribution in [-0.2, 0) is 13.1 Å². The van der Waals surface area contributed by atoms with E-state index in [1.54, 1.807) is 0 Å². The summed E-state index contributed by atoms with van der Waals surface area (Å²) in [4.78, 5) is 2.35. The van der Waals surface area contributed by atoms with E-state index >= 15 is 0 Å². The molecular formula is C17H22N2. The second-order valence-electron chi connectivity index (χ2n) is 5.02. The van der Waals surface area contributed by atoms with E-state index in [4.69, 9.17) is 5.73 Å². The van der Waals surface area contributed by atoms with Gasteiger partial charge in [0.2, 0.25) is 0 Å². The molecular weight excluding hydrogens is 232 g/mol. The maximum absolute atomic E-state index is 5.61. The van der Waals surface area contributed by atoms with Gasteiger partial charge in [0.15, 0.2) is 0 Å². The van der Waals surface area contributed by atoms with Crippen LogP contribution in [0.5, 0.6) is 0 Å². The lowest BCUT2D eigenvalue weighted by molar-refractivity contribution is 0.253. The Balaban J connectivity index is 2.01. The van der Waals surface area contributed by atoms with E-state index < -0.39 is 0 Å². The van der Waals surface area contributed by atoms with Crippen LogP contribution < -0.4 is 5.73 Å². The molecule has 0 fully saturated rings. The summed E-state index contributed by atoms with van der Waals surface area (Å²) < 4.78 is 0. The Hall–Kier alpha value is -1.64. The van der Waals surface area contributed by atoms with Gasteiger partial charge in [0.05, 0.1) is 0 Å². The van der Waals surface area contributed by atoms with E-state index in [0.29, 0.717) is 12.6 Å². The molecule has 19 heavy (non-hydrogen) atoms. The Morgan fingerprint density at radius 2 is 1.53 bits per heavy atom. The largest absolute Gasteiger partial charge is 0.326 e. The van der Waals surface area contributed by atoms with Crippen molar-refractivity contribution in [1.82, 2.24) is 4.90 Å². The van der Waals surface area contributed by atoms with Crippen LogP contribution in [0.4, 0.5) is 0 Å². The summed E-state index contributed by atoms with van der Waals surface area (Å²) in [6.07, 6.45) is 0. The molecule has 0 aromatic heterocycles. The topological polar surface area (TPSA) is 29.3 Å². The van der Waals surface area contributed by atoms with Gasteiger partial charge >= 0.3 is 0 Å². The van der Waals surface area contributed by atoms with Crippen molar-refractivity contribution in [2.24, 2.45) is 5.73 Å². The first-order valence-corrected chi connectivity index (χ1v) is 6.74. The molecule has 0 saturated heterocycles. The second kappa shape index (κ2) is 6.50. The summed E-state index contributed by atoms with van der Waals surface area (Å²) >= 11 is 0. The quantitative estimate of drug-likeness (QED) is 0.886. The fourth-order valence-electron chi connectivity index (χ4n) is 2.19. The highest BCUT2D eigenvalue weighted by atomic mass is 15.1. The second-order valence-corrected chi connectivity index (χ2v) is 5.02. The minimum absolute atomic E-state index is 0.412. The lowest BCUT2D eigenvalue weighted by Gasteiger charge is -2.25. The standard InChI is InChI=1S/C17H22N2/c1-14(17-6-4-3-5-7-17)19(2)13-16-10-8-15(12-18)9-11-16/h3-11,14H,12-13,18H2,1-2H3. The monoisotopic (exact) mass is 254 g/mol. The maximum atomic E-state index is 5.61. The minimum Gasteiger partial charge on any atom is -0.326 e. The summed E-state index contributed by atoms with van der Waals surface area (Å²) in [7, 11) is 2.16. The van der Waals surface area contributed by atoms with Crippen LogP contribution in [0.15, 0.2) is 54.6 Å². The Bertz CT molecular complexity index is 490. The van der Waals surface area contributed by atoms with Crippen LogP contribution >= 0.6 is 0 Å². The zero-order valence-electron chi connectivity index (χ0n) is 11.7. The minimum atomic E-state index is 0.412. The molecule has 100 valence electrons. The third-order valence-corrected chi connectivity index (χ3v) is 3.63. The van der Waals surface area contributed by atoms with Gasteiger partial charge in [0, 0.05) is 19.1 Å². The summed E-state index contributed by atoms with van der Waals surface area (Å²) in [6, 6.07) is 19.6. The average molecular weight is 254 g/mol. The number of benzene rings is 2. The highest BCUT2D eigenvalue weighted by molar-refractivity contribution is 5.23. The van der Waals surface area contributed by atoms with Gasteiger partial charge in [-0.1, -0.05) is 54.6 Å². The van der Waals surface area contributed by atoms with E-state index in [9.17, 15) is 0 Å². The van der Waals surface area contributed by atoms with Crippen molar-refractivity contribution in [2.75, 3.05) is 7.05 Å². The van der Waals surface area contributed by atoms with Gasteiger partial charge in [-0.25, -0.2) is 0 Å². The number of hydrogen-bond acceptors (Lipinski definition) is 2. The molecule has 2 N–H and O–H groups in total. The van der Waals surface area contributed by atoms with Crippen LogP contribution in [0.3, 0.4) is 0 Å². The number of nitrogens with two attached hydrogens (primary N) is 1. The van der Waals surface area contributed by atoms with Gasteiger partial charge in [-0.05, 0) is 30.7 Å². The molecule has 0 saturated carbocycles. The molecule has 2 heteroatoms. The Morgan fingerprint density at radius 3 is 2.11 bits per heavy atom. The molecule has 0 radical (unpaired) electrons. The molecule has 0 amide bonds. The van der Waals surface area contributed by atoms with Gasteiger partial charge in [-0.3, -0.25) is 4.90 Å². The van der Waals surface area contributed by atoms with Gasteiger partial charge in [-0.15, -0.1) is 0 Å². The van der Waals surface area contributed by atoms with Crippen LogP contribution in [0.25, 0.3) is 0 Å². The zero-order chi connectivity index (χ0) is 13.7. The molecule has 0 bridgehead atoms.